The molecule has 2 aliphatic rings. The van der Waals surface area contributed by atoms with Gasteiger partial charge < -0.3 is 13.9 Å². The molecule has 3 atom stereocenters. The third-order valence-corrected chi connectivity index (χ3v) is 5.86. The summed E-state index contributed by atoms with van der Waals surface area (Å²) in [6.45, 7) is 3.38. The summed E-state index contributed by atoms with van der Waals surface area (Å²) in [5, 5.41) is 7.98. The maximum absolute atomic E-state index is 11.7. The number of aromatic nitrogens is 2. The van der Waals surface area contributed by atoms with Gasteiger partial charge in [-0.25, -0.2) is 8.42 Å². The molecule has 1 aliphatic heterocycles. The van der Waals surface area contributed by atoms with Gasteiger partial charge in [0.05, 0.1) is 19.0 Å². The van der Waals surface area contributed by atoms with E-state index in [1.165, 1.54) is 23.4 Å². The van der Waals surface area contributed by atoms with Crippen molar-refractivity contribution in [1.29, 1.82) is 0 Å². The van der Waals surface area contributed by atoms with Crippen LogP contribution in [0, 0.1) is 5.92 Å². The molecule has 0 N–H and O–H groups in total. The maximum atomic E-state index is 11.7. The zero-order valence-corrected chi connectivity index (χ0v) is 15.0. The van der Waals surface area contributed by atoms with Gasteiger partial charge in [-0.1, -0.05) is 19.8 Å². The van der Waals surface area contributed by atoms with Crippen LogP contribution in [0.4, 0.5) is 0 Å². The van der Waals surface area contributed by atoms with E-state index >= 15 is 0 Å². The average Bonchev–Trinajstić information content (AvgIpc) is 3.01. The highest BCUT2D eigenvalue weighted by atomic mass is 32.2. The molecule has 1 saturated heterocycles. The zero-order valence-electron chi connectivity index (χ0n) is 14.2. The molecule has 1 saturated carbocycles. The normalized spacial score (nSPS) is 29.7. The Bertz CT molecular complexity index is 647. The Kier molecular flexibility index (Phi) is 5.53. The van der Waals surface area contributed by atoms with Gasteiger partial charge in [0.2, 0.25) is 21.8 Å². The van der Waals surface area contributed by atoms with E-state index in [0.717, 1.165) is 12.8 Å². The number of nitrogens with zero attached hydrogens (tertiary/aromatic N) is 3. The summed E-state index contributed by atoms with van der Waals surface area (Å²) in [6, 6.07) is 0. The van der Waals surface area contributed by atoms with E-state index in [1.807, 2.05) is 0 Å². The second-order valence-electron chi connectivity index (χ2n) is 6.72. The topological polar surface area (TPSA) is 94.8 Å². The van der Waals surface area contributed by atoms with Crippen LogP contribution in [0.3, 0.4) is 0 Å². The number of hydrogen-bond acceptors (Lipinski definition) is 7. The number of hydrogen-bond donors (Lipinski definition) is 0. The van der Waals surface area contributed by atoms with Gasteiger partial charge in [-0.3, -0.25) is 0 Å². The minimum Gasteiger partial charge on any atom is -0.420 e. The molecule has 1 aromatic rings. The zero-order chi connectivity index (χ0) is 17.2. The fourth-order valence-electron chi connectivity index (χ4n) is 3.25. The summed E-state index contributed by atoms with van der Waals surface area (Å²) in [5.41, 5.74) is 0. The molecule has 3 rings (SSSR count). The minimum absolute atomic E-state index is 0.196. The van der Waals surface area contributed by atoms with Crippen molar-refractivity contribution in [3.05, 3.63) is 11.8 Å². The Balaban J connectivity index is 1.55. The SMILES string of the molecule is C[C@@H]1CCC[C@@H](OCc2nnc([C@H]3CN(S(C)(=O)=O)CCO3)o2)C1. The van der Waals surface area contributed by atoms with Gasteiger partial charge in [0.15, 0.2) is 0 Å². The molecule has 1 aromatic heterocycles. The van der Waals surface area contributed by atoms with Crippen molar-refractivity contribution in [2.45, 2.75) is 51.4 Å². The van der Waals surface area contributed by atoms with Crippen LogP contribution < -0.4 is 0 Å². The highest BCUT2D eigenvalue weighted by Gasteiger charge is 2.31. The summed E-state index contributed by atoms with van der Waals surface area (Å²) in [7, 11) is -3.25. The lowest BCUT2D eigenvalue weighted by molar-refractivity contribution is -0.0233. The quantitative estimate of drug-likeness (QED) is 0.786. The highest BCUT2D eigenvalue weighted by molar-refractivity contribution is 7.88. The lowest BCUT2D eigenvalue weighted by Gasteiger charge is -2.29. The molecule has 0 amide bonds. The van der Waals surface area contributed by atoms with Gasteiger partial charge in [0.1, 0.15) is 12.7 Å². The van der Waals surface area contributed by atoms with E-state index in [2.05, 4.69) is 17.1 Å². The molecule has 1 aliphatic carbocycles. The van der Waals surface area contributed by atoms with Crippen LogP contribution in [-0.2, 0) is 26.1 Å². The predicted octanol–water partition coefficient (Wildman–Crippen LogP) is 1.50. The largest absolute Gasteiger partial charge is 0.420 e. The van der Waals surface area contributed by atoms with Gasteiger partial charge in [-0.2, -0.15) is 4.31 Å². The molecular weight excluding hydrogens is 334 g/mol. The van der Waals surface area contributed by atoms with Crippen LogP contribution in [0.25, 0.3) is 0 Å². The van der Waals surface area contributed by atoms with Crippen LogP contribution >= 0.6 is 0 Å². The van der Waals surface area contributed by atoms with Gasteiger partial charge in [0, 0.05) is 13.1 Å². The second-order valence-corrected chi connectivity index (χ2v) is 8.70. The van der Waals surface area contributed by atoms with E-state index in [9.17, 15) is 8.42 Å². The van der Waals surface area contributed by atoms with Crippen LogP contribution in [0.5, 0.6) is 0 Å². The molecular formula is C15H25N3O5S. The van der Waals surface area contributed by atoms with Crippen LogP contribution in [0.1, 0.15) is 50.5 Å². The van der Waals surface area contributed by atoms with Crippen molar-refractivity contribution in [1.82, 2.24) is 14.5 Å². The Labute approximate surface area is 142 Å². The first-order valence-electron chi connectivity index (χ1n) is 8.42. The molecule has 0 aromatic carbocycles. The standard InChI is InChI=1S/C15H25N3O5S/c1-11-4-3-5-12(8-11)22-10-14-16-17-15(23-14)13-9-18(6-7-21-13)24(2,19)20/h11-13H,3-10H2,1-2H3/t11-,12-,13-/m1/s1. The first-order valence-corrected chi connectivity index (χ1v) is 10.3. The van der Waals surface area contributed by atoms with Crippen molar-refractivity contribution < 1.29 is 22.3 Å². The molecule has 0 radical (unpaired) electrons. The fraction of sp³-hybridized carbons (Fsp3) is 0.867. The summed E-state index contributed by atoms with van der Waals surface area (Å²) < 4.78 is 41.7. The summed E-state index contributed by atoms with van der Waals surface area (Å²) in [6.07, 6.45) is 5.50. The molecule has 136 valence electrons. The third kappa shape index (κ3) is 4.53. The van der Waals surface area contributed by atoms with Crippen LogP contribution in [0.15, 0.2) is 4.42 Å². The molecule has 8 nitrogen and oxygen atoms in total. The van der Waals surface area contributed by atoms with Gasteiger partial charge in [-0.15, -0.1) is 10.2 Å². The second kappa shape index (κ2) is 7.47. The van der Waals surface area contributed by atoms with Crippen molar-refractivity contribution >= 4 is 10.0 Å². The Morgan fingerprint density at radius 3 is 2.92 bits per heavy atom. The maximum Gasteiger partial charge on any atom is 0.246 e. The minimum atomic E-state index is -3.25. The van der Waals surface area contributed by atoms with E-state index in [0.29, 0.717) is 30.9 Å². The monoisotopic (exact) mass is 359 g/mol. The fourth-order valence-corrected chi connectivity index (χ4v) is 4.06. The third-order valence-electron chi connectivity index (χ3n) is 4.59. The van der Waals surface area contributed by atoms with E-state index in [-0.39, 0.29) is 19.3 Å². The van der Waals surface area contributed by atoms with Crippen molar-refractivity contribution in [3.63, 3.8) is 0 Å². The molecule has 0 unspecified atom stereocenters. The molecule has 0 spiro atoms. The number of ether oxygens (including phenoxy) is 2. The molecule has 2 heterocycles. The molecule has 0 bridgehead atoms. The predicted molar refractivity (Wildman–Crippen MR) is 85.6 cm³/mol. The first-order chi connectivity index (χ1) is 11.4. The highest BCUT2D eigenvalue weighted by Crippen LogP contribution is 2.27. The van der Waals surface area contributed by atoms with E-state index in [4.69, 9.17) is 13.9 Å². The lowest BCUT2D eigenvalue weighted by atomic mass is 9.89. The Morgan fingerprint density at radius 2 is 2.17 bits per heavy atom. The van der Waals surface area contributed by atoms with Crippen molar-refractivity contribution in [2.75, 3.05) is 26.0 Å². The van der Waals surface area contributed by atoms with E-state index in [1.54, 1.807) is 0 Å². The van der Waals surface area contributed by atoms with Crippen LogP contribution in [0.2, 0.25) is 0 Å². The number of morpholine rings is 1. The molecule has 24 heavy (non-hydrogen) atoms. The molecule has 2 fully saturated rings. The van der Waals surface area contributed by atoms with Gasteiger partial charge in [0.25, 0.3) is 0 Å². The first kappa shape index (κ1) is 17.8. The molecule has 9 heteroatoms. The Hall–Kier alpha value is -1.03. The van der Waals surface area contributed by atoms with Crippen LogP contribution in [-0.4, -0.2) is 55.0 Å². The Morgan fingerprint density at radius 1 is 1.33 bits per heavy atom. The van der Waals surface area contributed by atoms with Crippen molar-refractivity contribution in [2.24, 2.45) is 5.92 Å². The number of rotatable bonds is 5. The number of sulfonamides is 1. The lowest BCUT2D eigenvalue weighted by Crippen LogP contribution is -2.41. The smallest absolute Gasteiger partial charge is 0.246 e. The average molecular weight is 359 g/mol. The summed E-state index contributed by atoms with van der Waals surface area (Å²) >= 11 is 0. The van der Waals surface area contributed by atoms with E-state index < -0.39 is 16.1 Å². The van der Waals surface area contributed by atoms with Crippen molar-refractivity contribution in [3.8, 4) is 0 Å². The van der Waals surface area contributed by atoms with Gasteiger partial charge in [-0.05, 0) is 18.8 Å². The van der Waals surface area contributed by atoms with Gasteiger partial charge >= 0.3 is 0 Å². The summed E-state index contributed by atoms with van der Waals surface area (Å²) in [5.74, 6) is 1.40. The summed E-state index contributed by atoms with van der Waals surface area (Å²) in [4.78, 5) is 0.